The normalized spacial score (nSPS) is 27.7. The lowest BCUT2D eigenvalue weighted by atomic mass is 9.77. The highest BCUT2D eigenvalue weighted by molar-refractivity contribution is 6.00. The average molecular weight is 548 g/mol. The van der Waals surface area contributed by atoms with Crippen molar-refractivity contribution in [3.8, 4) is 0 Å². The van der Waals surface area contributed by atoms with Gasteiger partial charge < -0.3 is 25.1 Å². The van der Waals surface area contributed by atoms with Crippen molar-refractivity contribution in [2.24, 2.45) is 0 Å². The molecule has 6 rings (SSSR count). The lowest BCUT2D eigenvalue weighted by molar-refractivity contribution is 0.0132. The Kier molecular flexibility index (Phi) is 6.62. The number of hydrogen-bond donors (Lipinski definition) is 3. The van der Waals surface area contributed by atoms with E-state index in [9.17, 15) is 29.7 Å². The molecule has 2 aromatic carbocycles. The number of aliphatic hydroxyl groups excluding tert-OH is 2. The van der Waals surface area contributed by atoms with E-state index >= 15 is 0 Å². The van der Waals surface area contributed by atoms with Gasteiger partial charge in [0.25, 0.3) is 11.8 Å². The summed E-state index contributed by atoms with van der Waals surface area (Å²) in [5, 5.41) is 31.3. The van der Waals surface area contributed by atoms with E-state index in [1.807, 2.05) is 49.1 Å². The first-order valence-corrected chi connectivity index (χ1v) is 14.2. The SMILES string of the molecule is CC1(C)CN(C[C@H](O)[C@@H]2Cc3ccccc3CN2C(=O)O)C(=O)c2ccc(C(=O)N3[C@@H]4CC[C@H]3C[C@H](O)C4)cc21. The summed E-state index contributed by atoms with van der Waals surface area (Å²) in [6.07, 6.45) is 0.915. The fourth-order valence-corrected chi connectivity index (χ4v) is 7.45. The Morgan fingerprint density at radius 2 is 1.73 bits per heavy atom. The molecule has 4 heterocycles. The molecule has 2 saturated heterocycles. The first-order chi connectivity index (χ1) is 19.0. The Balaban J connectivity index is 1.22. The molecule has 9 nitrogen and oxygen atoms in total. The highest BCUT2D eigenvalue weighted by atomic mass is 16.4. The molecule has 0 saturated carbocycles. The highest BCUT2D eigenvalue weighted by Crippen LogP contribution is 2.39. The third-order valence-electron chi connectivity index (χ3n) is 9.43. The van der Waals surface area contributed by atoms with Gasteiger partial charge in [0.15, 0.2) is 0 Å². The van der Waals surface area contributed by atoms with Gasteiger partial charge >= 0.3 is 6.09 Å². The maximum Gasteiger partial charge on any atom is 0.407 e. The lowest BCUT2D eigenvalue weighted by Crippen LogP contribution is -2.56. The van der Waals surface area contributed by atoms with Gasteiger partial charge in [0.05, 0.1) is 18.2 Å². The number of amides is 3. The summed E-state index contributed by atoms with van der Waals surface area (Å²) in [6.45, 7) is 4.59. The van der Waals surface area contributed by atoms with Crippen LogP contribution in [0.25, 0.3) is 0 Å². The topological polar surface area (TPSA) is 122 Å². The maximum absolute atomic E-state index is 13.6. The minimum Gasteiger partial charge on any atom is -0.465 e. The second kappa shape index (κ2) is 9.89. The van der Waals surface area contributed by atoms with E-state index in [1.165, 1.54) is 4.90 Å². The van der Waals surface area contributed by atoms with Gasteiger partial charge in [0, 0.05) is 48.3 Å². The van der Waals surface area contributed by atoms with Crippen LogP contribution in [0.15, 0.2) is 42.5 Å². The summed E-state index contributed by atoms with van der Waals surface area (Å²) in [6, 6.07) is 12.4. The highest BCUT2D eigenvalue weighted by Gasteiger charge is 2.44. The van der Waals surface area contributed by atoms with E-state index in [2.05, 4.69) is 0 Å². The molecule has 5 atom stereocenters. The zero-order valence-electron chi connectivity index (χ0n) is 23.0. The molecule has 0 radical (unpaired) electrons. The summed E-state index contributed by atoms with van der Waals surface area (Å²) in [5.74, 6) is -0.277. The number of hydrogen-bond acceptors (Lipinski definition) is 5. The molecular weight excluding hydrogens is 510 g/mol. The third-order valence-corrected chi connectivity index (χ3v) is 9.43. The third kappa shape index (κ3) is 4.55. The van der Waals surface area contributed by atoms with Crippen LogP contribution in [0, 0.1) is 0 Å². The number of nitrogens with zero attached hydrogens (tertiary/aromatic N) is 3. The van der Waals surface area contributed by atoms with Crippen LogP contribution in [0.1, 0.15) is 76.9 Å². The molecule has 0 spiro atoms. The summed E-state index contributed by atoms with van der Waals surface area (Å²) in [7, 11) is 0. The van der Waals surface area contributed by atoms with Crippen LogP contribution >= 0.6 is 0 Å². The molecule has 2 bridgehead atoms. The van der Waals surface area contributed by atoms with Gasteiger partial charge in [-0.05, 0) is 67.0 Å². The number of carbonyl (C=O) groups excluding carboxylic acids is 2. The van der Waals surface area contributed by atoms with Crippen molar-refractivity contribution in [1.29, 1.82) is 0 Å². The van der Waals surface area contributed by atoms with Crippen LogP contribution in [0.5, 0.6) is 0 Å². The quantitative estimate of drug-likeness (QED) is 0.541. The van der Waals surface area contributed by atoms with Crippen molar-refractivity contribution in [2.45, 2.75) is 88.2 Å². The van der Waals surface area contributed by atoms with Crippen molar-refractivity contribution < 1.29 is 29.7 Å². The van der Waals surface area contributed by atoms with Gasteiger partial charge in [0.2, 0.25) is 0 Å². The first-order valence-electron chi connectivity index (χ1n) is 14.2. The smallest absolute Gasteiger partial charge is 0.407 e. The van der Waals surface area contributed by atoms with Gasteiger partial charge in [-0.15, -0.1) is 0 Å². The first kappa shape index (κ1) is 26.8. The largest absolute Gasteiger partial charge is 0.465 e. The maximum atomic E-state index is 13.6. The summed E-state index contributed by atoms with van der Waals surface area (Å²) < 4.78 is 0. The Morgan fingerprint density at radius 1 is 1.05 bits per heavy atom. The minimum atomic E-state index is -1.09. The van der Waals surface area contributed by atoms with Gasteiger partial charge in [0.1, 0.15) is 0 Å². The van der Waals surface area contributed by atoms with Crippen molar-refractivity contribution >= 4 is 17.9 Å². The van der Waals surface area contributed by atoms with E-state index in [-0.39, 0.29) is 43.1 Å². The van der Waals surface area contributed by atoms with E-state index in [0.717, 1.165) is 29.5 Å². The van der Waals surface area contributed by atoms with E-state index in [4.69, 9.17) is 0 Å². The van der Waals surface area contributed by atoms with E-state index < -0.39 is 23.7 Å². The van der Waals surface area contributed by atoms with E-state index in [1.54, 1.807) is 17.0 Å². The van der Waals surface area contributed by atoms with Gasteiger partial charge in [-0.2, -0.15) is 0 Å². The molecule has 40 heavy (non-hydrogen) atoms. The zero-order chi connectivity index (χ0) is 28.3. The molecule has 2 aromatic rings. The van der Waals surface area contributed by atoms with Crippen molar-refractivity contribution in [2.75, 3.05) is 13.1 Å². The van der Waals surface area contributed by atoms with Crippen molar-refractivity contribution in [3.05, 3.63) is 70.3 Å². The standard InChI is InChI=1S/C31H37N3O6/c1-31(2)17-32(16-27(36)26-12-18-5-3-4-6-20(18)15-33(26)30(39)40)29(38)24-10-7-19(11-25(24)31)28(37)34-21-8-9-22(34)14-23(35)13-21/h3-7,10-11,21-23,26-27,35-36H,8-9,12-17H2,1-2H3,(H,39,40)/t21-,22+,23-,26-,27-/m0/s1. The van der Waals surface area contributed by atoms with Crippen LogP contribution in [-0.2, 0) is 18.4 Å². The number of rotatable bonds is 4. The fourth-order valence-electron chi connectivity index (χ4n) is 7.45. The van der Waals surface area contributed by atoms with Crippen LogP contribution in [0.4, 0.5) is 4.79 Å². The number of carboxylic acid groups (broad SMARTS) is 1. The Bertz CT molecular complexity index is 1340. The molecule has 4 aliphatic heterocycles. The summed E-state index contributed by atoms with van der Waals surface area (Å²) in [5.41, 5.74) is 3.31. The Labute approximate surface area is 234 Å². The van der Waals surface area contributed by atoms with Crippen LogP contribution in [-0.4, -0.2) is 91.3 Å². The second-order valence-electron chi connectivity index (χ2n) is 12.6. The molecule has 212 valence electrons. The average Bonchev–Trinajstić information content (AvgIpc) is 3.20. The monoisotopic (exact) mass is 547 g/mol. The summed E-state index contributed by atoms with van der Waals surface area (Å²) in [4.78, 5) is 44.1. The summed E-state index contributed by atoms with van der Waals surface area (Å²) >= 11 is 0. The predicted octanol–water partition coefficient (Wildman–Crippen LogP) is 3.01. The molecule has 9 heteroatoms. The van der Waals surface area contributed by atoms with Gasteiger partial charge in [-0.25, -0.2) is 4.79 Å². The predicted molar refractivity (Wildman–Crippen MR) is 147 cm³/mol. The molecule has 4 aliphatic rings. The van der Waals surface area contributed by atoms with Crippen LogP contribution < -0.4 is 0 Å². The van der Waals surface area contributed by atoms with Crippen molar-refractivity contribution in [1.82, 2.24) is 14.7 Å². The number of benzene rings is 2. The Hall–Kier alpha value is -3.43. The van der Waals surface area contributed by atoms with Gasteiger partial charge in [-0.1, -0.05) is 38.1 Å². The zero-order valence-corrected chi connectivity index (χ0v) is 23.0. The molecule has 0 aliphatic carbocycles. The van der Waals surface area contributed by atoms with Crippen molar-refractivity contribution in [3.63, 3.8) is 0 Å². The van der Waals surface area contributed by atoms with Crippen LogP contribution in [0.3, 0.4) is 0 Å². The number of fused-ring (bicyclic) bond motifs is 4. The van der Waals surface area contributed by atoms with E-state index in [0.29, 0.717) is 36.9 Å². The fraction of sp³-hybridized carbons (Fsp3) is 0.516. The number of carbonyl (C=O) groups is 3. The second-order valence-corrected chi connectivity index (χ2v) is 12.6. The van der Waals surface area contributed by atoms with Crippen LogP contribution in [0.2, 0.25) is 0 Å². The molecule has 0 aromatic heterocycles. The molecule has 0 unspecified atom stereocenters. The minimum absolute atomic E-state index is 0.0124. The molecular formula is C31H37N3O6. The van der Waals surface area contributed by atoms with Gasteiger partial charge in [-0.3, -0.25) is 14.5 Å². The number of β-amino-alcohol motifs (C(OH)–C–C–N with tert-alkyl or cyclic N) is 1. The lowest BCUT2D eigenvalue weighted by Gasteiger charge is -2.43. The number of aliphatic hydroxyl groups is 2. The Morgan fingerprint density at radius 3 is 2.40 bits per heavy atom. The number of piperidine rings is 1. The molecule has 2 fully saturated rings. The molecule has 3 N–H and O–H groups in total. The molecule has 3 amide bonds.